The maximum absolute atomic E-state index is 11.8. The Balaban J connectivity index is 2.86. The van der Waals surface area contributed by atoms with E-state index in [2.05, 4.69) is 4.94 Å². The molecule has 0 radical (unpaired) electrons. The van der Waals surface area contributed by atoms with Gasteiger partial charge in [-0.1, -0.05) is 18.2 Å². The highest BCUT2D eigenvalue weighted by molar-refractivity contribution is 5.78. The number of rotatable bonds is 3. The van der Waals surface area contributed by atoms with Crippen molar-refractivity contribution in [1.82, 2.24) is 0 Å². The highest BCUT2D eigenvalue weighted by atomic mass is 19.3. The molecule has 0 aromatic heterocycles. The van der Waals surface area contributed by atoms with Gasteiger partial charge >= 0.3 is 5.97 Å². The minimum atomic E-state index is -1.33. The van der Waals surface area contributed by atoms with E-state index in [-0.39, 0.29) is 0 Å². The number of hydrogen-bond donors (Lipinski definition) is 0. The Kier molecular flexibility index (Phi) is 3.29. The van der Waals surface area contributed by atoms with Gasteiger partial charge in [0, 0.05) is 4.53 Å². The van der Waals surface area contributed by atoms with Gasteiger partial charge in [0.2, 0.25) is 5.60 Å². The maximum atomic E-state index is 11.8. The molecule has 0 atom stereocenters. The molecule has 0 saturated heterocycles. The molecule has 0 unspecified atom stereocenters. The SMILES string of the molecule is Cc1ccccc1OC(C)(C)C(=O)OF. The first-order chi connectivity index (χ1) is 6.97. The van der Waals surface area contributed by atoms with Gasteiger partial charge in [0.25, 0.3) is 0 Å². The lowest BCUT2D eigenvalue weighted by Gasteiger charge is -2.22. The molecule has 1 aromatic carbocycles. The van der Waals surface area contributed by atoms with E-state index in [1.165, 1.54) is 13.8 Å². The van der Waals surface area contributed by atoms with E-state index in [4.69, 9.17) is 4.74 Å². The summed E-state index contributed by atoms with van der Waals surface area (Å²) in [5, 5.41) is 0. The largest absolute Gasteiger partial charge is 0.476 e. The molecule has 0 aliphatic heterocycles. The second kappa shape index (κ2) is 4.29. The summed E-state index contributed by atoms with van der Waals surface area (Å²) < 4.78 is 17.1. The Bertz CT molecular complexity index is 361. The Labute approximate surface area is 87.7 Å². The van der Waals surface area contributed by atoms with E-state index in [0.29, 0.717) is 5.75 Å². The third kappa shape index (κ3) is 2.68. The fraction of sp³-hybridized carbons (Fsp3) is 0.364. The number of carbonyl (C=O) groups is 1. The maximum Gasteiger partial charge on any atom is 0.391 e. The van der Waals surface area contributed by atoms with Crippen LogP contribution < -0.4 is 4.74 Å². The summed E-state index contributed by atoms with van der Waals surface area (Å²) in [5.41, 5.74) is -0.460. The van der Waals surface area contributed by atoms with Crippen molar-refractivity contribution in [2.75, 3.05) is 0 Å². The molecule has 0 N–H and O–H groups in total. The lowest BCUT2D eigenvalue weighted by molar-refractivity contribution is -0.199. The third-order valence-corrected chi connectivity index (χ3v) is 2.02. The molecule has 1 aromatic rings. The summed E-state index contributed by atoms with van der Waals surface area (Å²) in [6.07, 6.45) is 0. The molecule has 0 aliphatic rings. The van der Waals surface area contributed by atoms with Crippen LogP contribution in [-0.2, 0) is 9.74 Å². The zero-order chi connectivity index (χ0) is 11.5. The van der Waals surface area contributed by atoms with Crippen molar-refractivity contribution >= 4 is 5.97 Å². The van der Waals surface area contributed by atoms with Gasteiger partial charge in [0.15, 0.2) is 0 Å². The normalized spacial score (nSPS) is 10.9. The van der Waals surface area contributed by atoms with Crippen LogP contribution in [0.1, 0.15) is 19.4 Å². The number of halogens is 1. The van der Waals surface area contributed by atoms with Crippen LogP contribution in [0.15, 0.2) is 24.3 Å². The molecule has 3 nitrogen and oxygen atoms in total. The lowest BCUT2D eigenvalue weighted by Crippen LogP contribution is -2.38. The second-order valence-corrected chi connectivity index (χ2v) is 3.74. The van der Waals surface area contributed by atoms with Crippen LogP contribution in [-0.4, -0.2) is 11.6 Å². The first-order valence-electron chi connectivity index (χ1n) is 4.55. The molecule has 0 bridgehead atoms. The van der Waals surface area contributed by atoms with Crippen molar-refractivity contribution in [1.29, 1.82) is 0 Å². The fourth-order valence-corrected chi connectivity index (χ4v) is 1.08. The van der Waals surface area contributed by atoms with Gasteiger partial charge in [-0.3, -0.25) is 4.94 Å². The molecule has 82 valence electrons. The topological polar surface area (TPSA) is 35.5 Å². The highest BCUT2D eigenvalue weighted by Gasteiger charge is 2.33. The first-order valence-corrected chi connectivity index (χ1v) is 4.55. The number of aryl methyl sites for hydroxylation is 1. The molecule has 1 rings (SSSR count). The van der Waals surface area contributed by atoms with Gasteiger partial charge in [-0.25, -0.2) is 4.79 Å². The van der Waals surface area contributed by atoms with E-state index in [1.54, 1.807) is 12.1 Å². The molecule has 0 saturated carbocycles. The predicted octanol–water partition coefficient (Wildman–Crippen LogP) is 2.58. The van der Waals surface area contributed by atoms with Crippen LogP contribution >= 0.6 is 0 Å². The number of hydrogen-bond acceptors (Lipinski definition) is 3. The van der Waals surface area contributed by atoms with E-state index >= 15 is 0 Å². The van der Waals surface area contributed by atoms with Crippen LogP contribution in [0.3, 0.4) is 0 Å². The minimum Gasteiger partial charge on any atom is -0.476 e. The van der Waals surface area contributed by atoms with Crippen LogP contribution in [0, 0.1) is 6.92 Å². The Hall–Kier alpha value is -1.58. The summed E-state index contributed by atoms with van der Waals surface area (Å²) in [4.78, 5) is 14.2. The van der Waals surface area contributed by atoms with E-state index < -0.39 is 11.6 Å². The summed E-state index contributed by atoms with van der Waals surface area (Å²) in [5.74, 6) is -0.515. The molecular weight excluding hydrogens is 199 g/mol. The zero-order valence-corrected chi connectivity index (χ0v) is 8.91. The van der Waals surface area contributed by atoms with Gasteiger partial charge < -0.3 is 4.74 Å². The van der Waals surface area contributed by atoms with Crippen LogP contribution in [0.5, 0.6) is 5.75 Å². The molecule has 0 fully saturated rings. The smallest absolute Gasteiger partial charge is 0.391 e. The van der Waals surface area contributed by atoms with Crippen LogP contribution in [0.4, 0.5) is 4.53 Å². The molecule has 4 heteroatoms. The molecule has 0 aliphatic carbocycles. The Morgan fingerprint density at radius 1 is 1.33 bits per heavy atom. The van der Waals surface area contributed by atoms with Gasteiger partial charge in [-0.2, -0.15) is 0 Å². The van der Waals surface area contributed by atoms with Gasteiger partial charge in [0.05, 0.1) is 0 Å². The number of carbonyl (C=O) groups excluding carboxylic acids is 1. The number of ether oxygens (including phenoxy) is 1. The average Bonchev–Trinajstić information content (AvgIpc) is 2.20. The monoisotopic (exact) mass is 212 g/mol. The summed E-state index contributed by atoms with van der Waals surface area (Å²) in [7, 11) is 0. The summed E-state index contributed by atoms with van der Waals surface area (Å²) in [6.45, 7) is 4.73. The van der Waals surface area contributed by atoms with Crippen LogP contribution in [0.25, 0.3) is 0 Å². The average molecular weight is 212 g/mol. The summed E-state index contributed by atoms with van der Waals surface area (Å²) >= 11 is 0. The fourth-order valence-electron chi connectivity index (χ4n) is 1.08. The van der Waals surface area contributed by atoms with E-state index in [9.17, 15) is 9.32 Å². The minimum absolute atomic E-state index is 0.535. The standard InChI is InChI=1S/C11H13FO3/c1-8-6-4-5-7-9(8)14-11(2,3)10(13)15-12/h4-7H,1-3H3. The zero-order valence-electron chi connectivity index (χ0n) is 8.91. The second-order valence-electron chi connectivity index (χ2n) is 3.74. The van der Waals surface area contributed by atoms with Gasteiger partial charge in [0.1, 0.15) is 5.75 Å². The molecule has 0 amide bonds. The van der Waals surface area contributed by atoms with Crippen molar-refractivity contribution in [3.63, 3.8) is 0 Å². The lowest BCUT2D eigenvalue weighted by atomic mass is 10.1. The first kappa shape index (κ1) is 11.5. The molecule has 0 spiro atoms. The molecular formula is C11H13FO3. The number of para-hydroxylation sites is 1. The predicted molar refractivity (Wildman–Crippen MR) is 53.1 cm³/mol. The van der Waals surface area contributed by atoms with Crippen molar-refractivity contribution < 1.29 is 19.0 Å². The van der Waals surface area contributed by atoms with E-state index in [1.807, 2.05) is 19.1 Å². The van der Waals surface area contributed by atoms with Gasteiger partial charge in [-0.15, -0.1) is 0 Å². The summed E-state index contributed by atoms with van der Waals surface area (Å²) in [6, 6.07) is 7.18. The molecule has 0 heterocycles. The van der Waals surface area contributed by atoms with Crippen LogP contribution in [0.2, 0.25) is 0 Å². The Morgan fingerprint density at radius 3 is 2.47 bits per heavy atom. The molecule has 15 heavy (non-hydrogen) atoms. The highest BCUT2D eigenvalue weighted by Crippen LogP contribution is 2.23. The van der Waals surface area contributed by atoms with Gasteiger partial charge in [-0.05, 0) is 32.4 Å². The van der Waals surface area contributed by atoms with E-state index in [0.717, 1.165) is 5.56 Å². The number of benzene rings is 1. The van der Waals surface area contributed by atoms with Crippen molar-refractivity contribution in [2.45, 2.75) is 26.4 Å². The Morgan fingerprint density at radius 2 is 1.93 bits per heavy atom. The van der Waals surface area contributed by atoms with Crippen molar-refractivity contribution in [2.24, 2.45) is 0 Å². The van der Waals surface area contributed by atoms with Crippen molar-refractivity contribution in [3.05, 3.63) is 29.8 Å². The quantitative estimate of drug-likeness (QED) is 0.772. The van der Waals surface area contributed by atoms with Crippen molar-refractivity contribution in [3.8, 4) is 5.75 Å². The third-order valence-electron chi connectivity index (χ3n) is 2.02.